The standard InChI is InChI=1S/C18H28ClNS/c1-17(2)9-12(10-18(3,4)11-17)20-14-6-5-7-15-13(14)8-16(19)21-15/h8,12,14,20H,5-7,9-11H2,1-4H3. The second-order valence-corrected chi connectivity index (χ2v) is 10.4. The minimum atomic E-state index is 0.448. The number of thiophene rings is 1. The molecular weight excluding hydrogens is 298 g/mol. The highest BCUT2D eigenvalue weighted by Gasteiger charge is 2.39. The number of hydrogen-bond donors (Lipinski definition) is 1. The smallest absolute Gasteiger partial charge is 0.0934 e. The first-order valence-corrected chi connectivity index (χ1v) is 9.48. The number of halogens is 1. The van der Waals surface area contributed by atoms with Gasteiger partial charge in [-0.25, -0.2) is 0 Å². The van der Waals surface area contributed by atoms with Crippen LogP contribution in [0.2, 0.25) is 4.34 Å². The van der Waals surface area contributed by atoms with Crippen LogP contribution in [0.4, 0.5) is 0 Å². The third-order valence-corrected chi connectivity index (χ3v) is 6.42. The summed E-state index contributed by atoms with van der Waals surface area (Å²) in [6.45, 7) is 9.71. The molecule has 3 heteroatoms. The van der Waals surface area contributed by atoms with Crippen LogP contribution < -0.4 is 5.32 Å². The van der Waals surface area contributed by atoms with Crippen LogP contribution in [0.1, 0.15) is 76.3 Å². The summed E-state index contributed by atoms with van der Waals surface area (Å²) in [5.41, 5.74) is 2.38. The van der Waals surface area contributed by atoms with E-state index in [0.717, 1.165) is 4.34 Å². The molecule has 1 heterocycles. The molecule has 1 aromatic heterocycles. The van der Waals surface area contributed by atoms with Crippen LogP contribution in [-0.4, -0.2) is 6.04 Å². The van der Waals surface area contributed by atoms with Crippen LogP contribution in [0.15, 0.2) is 6.07 Å². The summed E-state index contributed by atoms with van der Waals surface area (Å²) in [5, 5.41) is 3.99. The third-order valence-electron chi connectivity index (χ3n) is 5.08. The van der Waals surface area contributed by atoms with Crippen molar-refractivity contribution in [3.63, 3.8) is 0 Å². The topological polar surface area (TPSA) is 12.0 Å². The molecule has 0 bridgehead atoms. The minimum absolute atomic E-state index is 0.448. The van der Waals surface area contributed by atoms with E-state index >= 15 is 0 Å². The zero-order chi connectivity index (χ0) is 15.3. The van der Waals surface area contributed by atoms with Crippen molar-refractivity contribution in [2.45, 2.75) is 78.3 Å². The molecular formula is C18H28ClNS. The summed E-state index contributed by atoms with van der Waals surface area (Å²) in [5.74, 6) is 0. The monoisotopic (exact) mass is 325 g/mol. The molecule has 1 N–H and O–H groups in total. The molecule has 1 saturated carbocycles. The Morgan fingerprint density at radius 1 is 1.19 bits per heavy atom. The van der Waals surface area contributed by atoms with Crippen LogP contribution in [0, 0.1) is 10.8 Å². The summed E-state index contributed by atoms with van der Waals surface area (Å²) in [6, 6.07) is 3.36. The van der Waals surface area contributed by atoms with Crippen molar-refractivity contribution in [1.82, 2.24) is 5.32 Å². The Hall–Kier alpha value is -0.0500. The lowest BCUT2D eigenvalue weighted by molar-refractivity contribution is 0.0791. The molecule has 1 fully saturated rings. The Labute approximate surface area is 138 Å². The lowest BCUT2D eigenvalue weighted by atomic mass is 9.63. The van der Waals surface area contributed by atoms with Gasteiger partial charge in [0, 0.05) is 17.0 Å². The Kier molecular flexibility index (Phi) is 4.18. The first kappa shape index (κ1) is 15.8. The molecule has 1 atom stereocenters. The van der Waals surface area contributed by atoms with E-state index < -0.39 is 0 Å². The molecule has 0 saturated heterocycles. The van der Waals surface area contributed by atoms with Gasteiger partial charge in [-0.2, -0.15) is 0 Å². The molecule has 2 aliphatic rings. The van der Waals surface area contributed by atoms with Crippen LogP contribution in [0.5, 0.6) is 0 Å². The highest BCUT2D eigenvalue weighted by atomic mass is 35.5. The average molecular weight is 326 g/mol. The highest BCUT2D eigenvalue weighted by molar-refractivity contribution is 7.16. The summed E-state index contributed by atoms with van der Waals surface area (Å²) in [4.78, 5) is 1.51. The first-order valence-electron chi connectivity index (χ1n) is 8.28. The Morgan fingerprint density at radius 2 is 1.86 bits per heavy atom. The van der Waals surface area contributed by atoms with E-state index in [1.807, 2.05) is 0 Å². The second-order valence-electron chi connectivity index (χ2n) is 8.65. The van der Waals surface area contributed by atoms with E-state index in [9.17, 15) is 0 Å². The lowest BCUT2D eigenvalue weighted by Gasteiger charge is -2.46. The van der Waals surface area contributed by atoms with Gasteiger partial charge in [0.1, 0.15) is 0 Å². The van der Waals surface area contributed by atoms with Gasteiger partial charge >= 0.3 is 0 Å². The number of hydrogen-bond acceptors (Lipinski definition) is 2. The number of fused-ring (bicyclic) bond motifs is 1. The molecule has 0 aliphatic heterocycles. The summed E-state index contributed by atoms with van der Waals surface area (Å²) < 4.78 is 0.956. The molecule has 1 unspecified atom stereocenters. The van der Waals surface area contributed by atoms with Gasteiger partial charge in [-0.05, 0) is 61.0 Å². The predicted octanol–water partition coefficient (Wildman–Crippen LogP) is 5.97. The molecule has 2 aliphatic carbocycles. The summed E-state index contributed by atoms with van der Waals surface area (Å²) >= 11 is 8.02. The quantitative estimate of drug-likeness (QED) is 0.706. The van der Waals surface area contributed by atoms with E-state index in [-0.39, 0.29) is 0 Å². The molecule has 0 amide bonds. The van der Waals surface area contributed by atoms with Crippen LogP contribution >= 0.6 is 22.9 Å². The fourth-order valence-electron chi connectivity index (χ4n) is 4.94. The maximum absolute atomic E-state index is 6.24. The van der Waals surface area contributed by atoms with E-state index in [2.05, 4.69) is 39.1 Å². The zero-order valence-electron chi connectivity index (χ0n) is 13.8. The zero-order valence-corrected chi connectivity index (χ0v) is 15.3. The van der Waals surface area contributed by atoms with Crippen molar-refractivity contribution in [3.8, 4) is 0 Å². The number of aryl methyl sites for hydroxylation is 1. The van der Waals surface area contributed by atoms with Gasteiger partial charge in [-0.1, -0.05) is 39.3 Å². The molecule has 1 aromatic rings. The Morgan fingerprint density at radius 3 is 2.52 bits per heavy atom. The van der Waals surface area contributed by atoms with E-state index in [0.29, 0.717) is 22.9 Å². The molecule has 1 nitrogen and oxygen atoms in total. The van der Waals surface area contributed by atoms with Gasteiger partial charge in [0.2, 0.25) is 0 Å². The van der Waals surface area contributed by atoms with E-state index in [4.69, 9.17) is 11.6 Å². The fraction of sp³-hybridized carbons (Fsp3) is 0.778. The van der Waals surface area contributed by atoms with E-state index in [1.165, 1.54) is 49.0 Å². The van der Waals surface area contributed by atoms with Crippen molar-refractivity contribution in [3.05, 3.63) is 20.8 Å². The summed E-state index contributed by atoms with van der Waals surface area (Å²) in [6.07, 6.45) is 7.68. The Balaban J connectivity index is 1.75. The first-order chi connectivity index (χ1) is 9.74. The number of nitrogens with one attached hydrogen (secondary N) is 1. The van der Waals surface area contributed by atoms with Gasteiger partial charge in [0.05, 0.1) is 4.34 Å². The molecule has 3 rings (SSSR count). The lowest BCUT2D eigenvalue weighted by Crippen LogP contribution is -2.45. The average Bonchev–Trinajstić information content (AvgIpc) is 2.66. The number of rotatable bonds is 2. The van der Waals surface area contributed by atoms with Crippen molar-refractivity contribution in [2.24, 2.45) is 10.8 Å². The molecule has 0 aromatic carbocycles. The van der Waals surface area contributed by atoms with Gasteiger partial charge < -0.3 is 5.32 Å². The second kappa shape index (κ2) is 5.54. The van der Waals surface area contributed by atoms with Gasteiger partial charge in [-0.3, -0.25) is 0 Å². The van der Waals surface area contributed by atoms with Crippen molar-refractivity contribution in [2.75, 3.05) is 0 Å². The predicted molar refractivity (Wildman–Crippen MR) is 93.3 cm³/mol. The maximum atomic E-state index is 6.24. The van der Waals surface area contributed by atoms with Crippen molar-refractivity contribution < 1.29 is 0 Å². The van der Waals surface area contributed by atoms with E-state index in [1.54, 1.807) is 11.3 Å². The van der Waals surface area contributed by atoms with Crippen molar-refractivity contribution >= 4 is 22.9 Å². The van der Waals surface area contributed by atoms with Gasteiger partial charge in [0.25, 0.3) is 0 Å². The Bertz CT molecular complexity index is 501. The van der Waals surface area contributed by atoms with Gasteiger partial charge in [0.15, 0.2) is 0 Å². The minimum Gasteiger partial charge on any atom is -0.307 e. The maximum Gasteiger partial charge on any atom is 0.0934 e. The molecule has 0 spiro atoms. The van der Waals surface area contributed by atoms with Crippen molar-refractivity contribution in [1.29, 1.82) is 0 Å². The molecule has 118 valence electrons. The molecule has 21 heavy (non-hydrogen) atoms. The largest absolute Gasteiger partial charge is 0.307 e. The third kappa shape index (κ3) is 3.65. The van der Waals surface area contributed by atoms with Gasteiger partial charge in [-0.15, -0.1) is 11.3 Å². The highest BCUT2D eigenvalue weighted by Crippen LogP contribution is 2.47. The SMILES string of the molecule is CC1(C)CC(NC2CCCc3sc(Cl)cc32)CC(C)(C)C1. The normalized spacial score (nSPS) is 28.3. The summed E-state index contributed by atoms with van der Waals surface area (Å²) in [7, 11) is 0. The van der Waals surface area contributed by atoms with Crippen LogP contribution in [-0.2, 0) is 6.42 Å². The molecule has 0 radical (unpaired) electrons. The fourth-order valence-corrected chi connectivity index (χ4v) is 6.33. The van der Waals surface area contributed by atoms with Crippen LogP contribution in [0.25, 0.3) is 0 Å². The van der Waals surface area contributed by atoms with Crippen LogP contribution in [0.3, 0.4) is 0 Å².